The van der Waals surface area contributed by atoms with Gasteiger partial charge in [-0.05, 0) is 42.1 Å². The van der Waals surface area contributed by atoms with Gasteiger partial charge in [0.15, 0.2) is 0 Å². The molecule has 0 amide bonds. The zero-order valence-electron chi connectivity index (χ0n) is 13.4. The molecule has 3 rings (SSSR count). The van der Waals surface area contributed by atoms with Gasteiger partial charge in [0.05, 0.1) is 17.3 Å². The molecule has 0 aliphatic carbocycles. The molecule has 3 aromatic rings. The molecular formula is C19H18F2N2O. The second-order valence-corrected chi connectivity index (χ2v) is 5.81. The maximum Gasteiger partial charge on any atom is 0.261 e. The molecule has 0 radical (unpaired) electrons. The van der Waals surface area contributed by atoms with Crippen molar-refractivity contribution in [3.63, 3.8) is 0 Å². The first-order valence-electron chi connectivity index (χ1n) is 8.05. The Hall–Kier alpha value is -2.56. The van der Waals surface area contributed by atoms with Crippen LogP contribution in [0.2, 0.25) is 0 Å². The SMILES string of the molecule is CCCCCn1ccc2cc(-c3ccc(F)cn3)cc(F)c2c1=O. The molecule has 3 nitrogen and oxygen atoms in total. The van der Waals surface area contributed by atoms with Gasteiger partial charge in [-0.25, -0.2) is 8.78 Å². The van der Waals surface area contributed by atoms with E-state index in [-0.39, 0.29) is 10.9 Å². The van der Waals surface area contributed by atoms with Crippen LogP contribution >= 0.6 is 0 Å². The summed E-state index contributed by atoms with van der Waals surface area (Å²) in [7, 11) is 0. The van der Waals surface area contributed by atoms with Crippen molar-refractivity contribution in [2.45, 2.75) is 32.7 Å². The van der Waals surface area contributed by atoms with E-state index < -0.39 is 11.6 Å². The van der Waals surface area contributed by atoms with E-state index in [0.717, 1.165) is 25.5 Å². The molecule has 2 aromatic heterocycles. The van der Waals surface area contributed by atoms with Gasteiger partial charge in [-0.1, -0.05) is 19.8 Å². The Morgan fingerprint density at radius 3 is 2.67 bits per heavy atom. The number of pyridine rings is 2. The first-order chi connectivity index (χ1) is 11.6. The van der Waals surface area contributed by atoms with Crippen molar-refractivity contribution >= 4 is 10.8 Å². The normalized spacial score (nSPS) is 11.1. The molecule has 0 saturated carbocycles. The number of nitrogens with zero attached hydrogens (tertiary/aromatic N) is 2. The van der Waals surface area contributed by atoms with E-state index in [2.05, 4.69) is 11.9 Å². The van der Waals surface area contributed by atoms with Crippen LogP contribution in [0.1, 0.15) is 26.2 Å². The second-order valence-electron chi connectivity index (χ2n) is 5.81. The summed E-state index contributed by atoms with van der Waals surface area (Å²) >= 11 is 0. The first-order valence-corrected chi connectivity index (χ1v) is 8.05. The molecule has 24 heavy (non-hydrogen) atoms. The molecule has 124 valence electrons. The highest BCUT2D eigenvalue weighted by Gasteiger charge is 2.11. The van der Waals surface area contributed by atoms with Crippen LogP contribution in [0.25, 0.3) is 22.0 Å². The molecule has 0 spiro atoms. The van der Waals surface area contributed by atoms with Crippen molar-refractivity contribution in [2.75, 3.05) is 0 Å². The third-order valence-corrected chi connectivity index (χ3v) is 4.06. The molecule has 0 saturated heterocycles. The summed E-state index contributed by atoms with van der Waals surface area (Å²) in [6.45, 7) is 2.68. The lowest BCUT2D eigenvalue weighted by molar-refractivity contribution is 0.586. The lowest BCUT2D eigenvalue weighted by atomic mass is 10.1. The quantitative estimate of drug-likeness (QED) is 0.645. The fourth-order valence-corrected chi connectivity index (χ4v) is 2.77. The van der Waals surface area contributed by atoms with Crippen molar-refractivity contribution in [1.82, 2.24) is 9.55 Å². The molecule has 0 unspecified atom stereocenters. The summed E-state index contributed by atoms with van der Waals surface area (Å²) in [5.41, 5.74) is 0.659. The van der Waals surface area contributed by atoms with E-state index >= 15 is 0 Å². The Bertz CT molecular complexity index is 917. The average Bonchev–Trinajstić information content (AvgIpc) is 2.57. The lowest BCUT2D eigenvalue weighted by Gasteiger charge is -2.09. The molecule has 0 aliphatic heterocycles. The van der Waals surface area contributed by atoms with E-state index in [9.17, 15) is 13.6 Å². The number of rotatable bonds is 5. The van der Waals surface area contributed by atoms with Gasteiger partial charge in [-0.3, -0.25) is 9.78 Å². The minimum Gasteiger partial charge on any atom is -0.315 e. The maximum atomic E-state index is 14.5. The number of unbranched alkanes of at least 4 members (excludes halogenated alkanes) is 2. The highest BCUT2D eigenvalue weighted by molar-refractivity contribution is 5.86. The van der Waals surface area contributed by atoms with Gasteiger partial charge in [-0.15, -0.1) is 0 Å². The minimum absolute atomic E-state index is 0.0832. The van der Waals surface area contributed by atoms with Crippen molar-refractivity contribution in [3.05, 3.63) is 64.7 Å². The highest BCUT2D eigenvalue weighted by Crippen LogP contribution is 2.24. The lowest BCUT2D eigenvalue weighted by Crippen LogP contribution is -2.20. The van der Waals surface area contributed by atoms with E-state index in [0.29, 0.717) is 23.2 Å². The van der Waals surface area contributed by atoms with Crippen LogP contribution in [0.3, 0.4) is 0 Å². The van der Waals surface area contributed by atoms with Crippen LogP contribution in [0.4, 0.5) is 8.78 Å². The van der Waals surface area contributed by atoms with Crippen LogP contribution in [-0.2, 0) is 6.54 Å². The van der Waals surface area contributed by atoms with E-state index in [1.165, 1.54) is 18.2 Å². The zero-order valence-corrected chi connectivity index (χ0v) is 13.4. The smallest absolute Gasteiger partial charge is 0.261 e. The second kappa shape index (κ2) is 6.91. The van der Waals surface area contributed by atoms with Crippen LogP contribution in [0.15, 0.2) is 47.5 Å². The largest absolute Gasteiger partial charge is 0.315 e. The number of hydrogen-bond donors (Lipinski definition) is 0. The predicted molar refractivity (Wildman–Crippen MR) is 90.9 cm³/mol. The van der Waals surface area contributed by atoms with Crippen LogP contribution in [0.5, 0.6) is 0 Å². The molecule has 0 bridgehead atoms. The summed E-state index contributed by atoms with van der Waals surface area (Å²) in [6.07, 6.45) is 5.76. The Morgan fingerprint density at radius 1 is 1.12 bits per heavy atom. The molecule has 0 aliphatic rings. The van der Waals surface area contributed by atoms with Gasteiger partial charge in [0.2, 0.25) is 0 Å². The Balaban J connectivity index is 2.05. The zero-order chi connectivity index (χ0) is 17.1. The minimum atomic E-state index is -0.580. The van der Waals surface area contributed by atoms with Gasteiger partial charge in [-0.2, -0.15) is 0 Å². The van der Waals surface area contributed by atoms with Gasteiger partial charge in [0.25, 0.3) is 5.56 Å². The van der Waals surface area contributed by atoms with Crippen LogP contribution < -0.4 is 5.56 Å². The van der Waals surface area contributed by atoms with E-state index in [1.54, 1.807) is 22.9 Å². The fourth-order valence-electron chi connectivity index (χ4n) is 2.77. The molecule has 0 fully saturated rings. The molecular weight excluding hydrogens is 310 g/mol. The van der Waals surface area contributed by atoms with Crippen molar-refractivity contribution in [1.29, 1.82) is 0 Å². The van der Waals surface area contributed by atoms with Crippen molar-refractivity contribution in [3.8, 4) is 11.3 Å². The maximum absolute atomic E-state index is 14.5. The van der Waals surface area contributed by atoms with Gasteiger partial charge in [0, 0.05) is 18.3 Å². The highest BCUT2D eigenvalue weighted by atomic mass is 19.1. The molecule has 1 aromatic carbocycles. The molecule has 2 heterocycles. The van der Waals surface area contributed by atoms with Crippen molar-refractivity contribution in [2.24, 2.45) is 0 Å². The average molecular weight is 328 g/mol. The standard InChI is InChI=1S/C19H18F2N2O/c1-2-3-4-8-23-9-7-13-10-14(11-16(21)18(13)19(23)24)17-6-5-15(20)12-22-17/h5-7,9-12H,2-4,8H2,1H3. The summed E-state index contributed by atoms with van der Waals surface area (Å²) in [6, 6.07) is 7.48. The van der Waals surface area contributed by atoms with Gasteiger partial charge in [0.1, 0.15) is 11.6 Å². The summed E-state index contributed by atoms with van der Waals surface area (Å²) in [5.74, 6) is -1.03. The number of halogens is 2. The molecule has 0 atom stereocenters. The molecule has 5 heteroatoms. The van der Waals surface area contributed by atoms with Gasteiger partial charge >= 0.3 is 0 Å². The number of aryl methyl sites for hydroxylation is 1. The Kier molecular flexibility index (Phi) is 4.69. The molecule has 0 N–H and O–H groups in total. The summed E-state index contributed by atoms with van der Waals surface area (Å²) in [5, 5.41) is 0.604. The first kappa shape index (κ1) is 16.3. The Labute approximate surface area is 138 Å². The van der Waals surface area contributed by atoms with Gasteiger partial charge < -0.3 is 4.57 Å². The third-order valence-electron chi connectivity index (χ3n) is 4.06. The van der Waals surface area contributed by atoms with Crippen LogP contribution in [0, 0.1) is 11.6 Å². The number of fused-ring (bicyclic) bond motifs is 1. The summed E-state index contributed by atoms with van der Waals surface area (Å²) < 4.78 is 29.1. The Morgan fingerprint density at radius 2 is 1.96 bits per heavy atom. The van der Waals surface area contributed by atoms with E-state index in [1.807, 2.05) is 0 Å². The van der Waals surface area contributed by atoms with E-state index in [4.69, 9.17) is 0 Å². The fraction of sp³-hybridized carbons (Fsp3) is 0.263. The monoisotopic (exact) mass is 328 g/mol. The van der Waals surface area contributed by atoms with Crippen molar-refractivity contribution < 1.29 is 8.78 Å². The number of aromatic nitrogens is 2. The van der Waals surface area contributed by atoms with Crippen LogP contribution in [-0.4, -0.2) is 9.55 Å². The number of benzene rings is 1. The number of hydrogen-bond acceptors (Lipinski definition) is 2. The summed E-state index contributed by atoms with van der Waals surface area (Å²) in [4.78, 5) is 16.5. The predicted octanol–water partition coefficient (Wildman–Crippen LogP) is 4.53. The topological polar surface area (TPSA) is 34.9 Å². The third kappa shape index (κ3) is 3.20.